The summed E-state index contributed by atoms with van der Waals surface area (Å²) in [6, 6.07) is 21.9. The summed E-state index contributed by atoms with van der Waals surface area (Å²) in [6.07, 6.45) is 0. The Labute approximate surface area is 149 Å². The van der Waals surface area contributed by atoms with Crippen LogP contribution in [0.25, 0.3) is 10.9 Å². The standard InChI is InChI=1S/C20H17N3OS/c24-20-15-9-4-5-10-16(15)22-18(23-20)13-21-19(17-11-6-12-25-17)14-7-2-1-3-8-14/h1-12,19,21H,13H2,(H,22,23,24). The maximum Gasteiger partial charge on any atom is 0.258 e. The molecule has 2 N–H and O–H groups in total. The van der Waals surface area contributed by atoms with Gasteiger partial charge in [-0.25, -0.2) is 4.98 Å². The Kier molecular flexibility index (Phi) is 4.41. The molecule has 0 aliphatic heterocycles. The van der Waals surface area contributed by atoms with Crippen molar-refractivity contribution in [1.29, 1.82) is 0 Å². The number of para-hydroxylation sites is 1. The van der Waals surface area contributed by atoms with Gasteiger partial charge in [0.1, 0.15) is 5.82 Å². The summed E-state index contributed by atoms with van der Waals surface area (Å²) in [5, 5.41) is 6.21. The molecule has 1 unspecified atom stereocenters. The van der Waals surface area contributed by atoms with Gasteiger partial charge in [0.15, 0.2) is 0 Å². The third-order valence-electron chi connectivity index (χ3n) is 4.10. The van der Waals surface area contributed by atoms with Crippen molar-refractivity contribution in [3.63, 3.8) is 0 Å². The first-order valence-corrected chi connectivity index (χ1v) is 8.99. The van der Waals surface area contributed by atoms with Gasteiger partial charge in [-0.15, -0.1) is 11.3 Å². The van der Waals surface area contributed by atoms with Crippen LogP contribution in [0.1, 0.15) is 22.3 Å². The molecule has 0 spiro atoms. The van der Waals surface area contributed by atoms with Gasteiger partial charge in [0, 0.05) is 4.88 Å². The molecule has 4 aromatic rings. The summed E-state index contributed by atoms with van der Waals surface area (Å²) >= 11 is 1.71. The number of fused-ring (bicyclic) bond motifs is 1. The molecule has 1 atom stereocenters. The summed E-state index contributed by atoms with van der Waals surface area (Å²) in [7, 11) is 0. The number of nitrogens with zero attached hydrogens (tertiary/aromatic N) is 1. The van der Waals surface area contributed by atoms with E-state index in [0.29, 0.717) is 17.8 Å². The minimum absolute atomic E-state index is 0.0676. The number of rotatable bonds is 5. The van der Waals surface area contributed by atoms with E-state index in [-0.39, 0.29) is 11.6 Å². The minimum Gasteiger partial charge on any atom is -0.309 e. The Hall–Kier alpha value is -2.76. The van der Waals surface area contributed by atoms with Crippen molar-refractivity contribution >= 4 is 22.2 Å². The average Bonchev–Trinajstić information content (AvgIpc) is 3.17. The van der Waals surface area contributed by atoms with Crippen LogP contribution in [0.2, 0.25) is 0 Å². The fourth-order valence-electron chi connectivity index (χ4n) is 2.90. The van der Waals surface area contributed by atoms with Crippen molar-refractivity contribution < 1.29 is 0 Å². The fourth-order valence-corrected chi connectivity index (χ4v) is 3.73. The van der Waals surface area contributed by atoms with Gasteiger partial charge in [-0.1, -0.05) is 48.5 Å². The van der Waals surface area contributed by atoms with Gasteiger partial charge in [-0.3, -0.25) is 10.1 Å². The molecule has 25 heavy (non-hydrogen) atoms. The molecule has 0 fully saturated rings. The smallest absolute Gasteiger partial charge is 0.258 e. The fraction of sp³-hybridized carbons (Fsp3) is 0.100. The van der Waals surface area contributed by atoms with Crippen LogP contribution in [0.5, 0.6) is 0 Å². The lowest BCUT2D eigenvalue weighted by atomic mass is 10.1. The van der Waals surface area contributed by atoms with Crippen LogP contribution in [-0.4, -0.2) is 9.97 Å². The van der Waals surface area contributed by atoms with Crippen molar-refractivity contribution in [3.8, 4) is 0 Å². The van der Waals surface area contributed by atoms with E-state index in [2.05, 4.69) is 38.9 Å². The average molecular weight is 347 g/mol. The molecule has 0 bridgehead atoms. The highest BCUT2D eigenvalue weighted by Gasteiger charge is 2.15. The summed E-state index contributed by atoms with van der Waals surface area (Å²) in [5.74, 6) is 0.640. The van der Waals surface area contributed by atoms with Gasteiger partial charge in [0.05, 0.1) is 23.5 Å². The van der Waals surface area contributed by atoms with Gasteiger partial charge in [-0.2, -0.15) is 0 Å². The highest BCUT2D eigenvalue weighted by atomic mass is 32.1. The number of hydrogen-bond acceptors (Lipinski definition) is 4. The van der Waals surface area contributed by atoms with E-state index in [1.807, 2.05) is 42.5 Å². The first kappa shape index (κ1) is 15.7. The van der Waals surface area contributed by atoms with Crippen LogP contribution < -0.4 is 10.9 Å². The monoisotopic (exact) mass is 347 g/mol. The maximum atomic E-state index is 12.2. The Morgan fingerprint density at radius 3 is 2.60 bits per heavy atom. The Balaban J connectivity index is 1.63. The lowest BCUT2D eigenvalue weighted by molar-refractivity contribution is 0.594. The highest BCUT2D eigenvalue weighted by Crippen LogP contribution is 2.26. The molecule has 4 nitrogen and oxygen atoms in total. The molecule has 2 aromatic carbocycles. The molecule has 2 heterocycles. The number of hydrogen-bond donors (Lipinski definition) is 2. The molecule has 0 aliphatic rings. The first-order valence-electron chi connectivity index (χ1n) is 8.11. The third-order valence-corrected chi connectivity index (χ3v) is 5.03. The molecule has 0 aliphatic carbocycles. The number of nitrogens with one attached hydrogen (secondary N) is 2. The largest absolute Gasteiger partial charge is 0.309 e. The molecular formula is C20H17N3OS. The first-order chi connectivity index (χ1) is 12.3. The quantitative estimate of drug-likeness (QED) is 0.576. The summed E-state index contributed by atoms with van der Waals surface area (Å²) in [4.78, 5) is 20.9. The van der Waals surface area contributed by atoms with Crippen LogP contribution in [0.15, 0.2) is 76.9 Å². The van der Waals surface area contributed by atoms with E-state index in [1.165, 1.54) is 10.4 Å². The van der Waals surface area contributed by atoms with Crippen molar-refractivity contribution in [2.45, 2.75) is 12.6 Å². The molecule has 0 radical (unpaired) electrons. The van der Waals surface area contributed by atoms with E-state index < -0.39 is 0 Å². The Bertz CT molecular complexity index is 1030. The highest BCUT2D eigenvalue weighted by molar-refractivity contribution is 7.10. The number of aromatic nitrogens is 2. The normalized spacial score (nSPS) is 12.3. The second kappa shape index (κ2) is 7.01. The topological polar surface area (TPSA) is 57.8 Å². The molecule has 5 heteroatoms. The van der Waals surface area contributed by atoms with Crippen molar-refractivity contribution in [2.24, 2.45) is 0 Å². The van der Waals surface area contributed by atoms with Crippen molar-refractivity contribution in [1.82, 2.24) is 15.3 Å². The predicted octanol–water partition coefficient (Wildman–Crippen LogP) is 3.86. The zero-order valence-electron chi connectivity index (χ0n) is 13.5. The minimum atomic E-state index is -0.102. The van der Waals surface area contributed by atoms with Gasteiger partial charge in [0.25, 0.3) is 5.56 Å². The van der Waals surface area contributed by atoms with Gasteiger partial charge < -0.3 is 4.98 Å². The van der Waals surface area contributed by atoms with Crippen LogP contribution >= 0.6 is 11.3 Å². The molecule has 4 rings (SSSR count). The maximum absolute atomic E-state index is 12.2. The van der Waals surface area contributed by atoms with Crippen LogP contribution in [-0.2, 0) is 6.54 Å². The molecule has 0 saturated heterocycles. The lowest BCUT2D eigenvalue weighted by Crippen LogP contribution is -2.24. The molecular weight excluding hydrogens is 330 g/mol. The Morgan fingerprint density at radius 2 is 1.80 bits per heavy atom. The van der Waals surface area contributed by atoms with E-state index in [0.717, 1.165) is 5.52 Å². The molecule has 124 valence electrons. The van der Waals surface area contributed by atoms with Gasteiger partial charge >= 0.3 is 0 Å². The molecule has 0 saturated carbocycles. The molecule has 0 amide bonds. The second-order valence-corrected chi connectivity index (χ2v) is 6.75. The number of aromatic amines is 1. The van der Waals surface area contributed by atoms with E-state index in [1.54, 1.807) is 17.4 Å². The SMILES string of the molecule is O=c1[nH]c(CNC(c2ccccc2)c2cccs2)nc2ccccc12. The van der Waals surface area contributed by atoms with E-state index in [9.17, 15) is 4.79 Å². The predicted molar refractivity (Wildman–Crippen MR) is 102 cm³/mol. The zero-order chi connectivity index (χ0) is 17.1. The third kappa shape index (κ3) is 3.38. The summed E-state index contributed by atoms with van der Waals surface area (Å²) < 4.78 is 0. The van der Waals surface area contributed by atoms with E-state index in [4.69, 9.17) is 0 Å². The van der Waals surface area contributed by atoms with E-state index >= 15 is 0 Å². The van der Waals surface area contributed by atoms with Gasteiger partial charge in [-0.05, 0) is 29.1 Å². The number of H-pyrrole nitrogens is 1. The van der Waals surface area contributed by atoms with Crippen LogP contribution in [0, 0.1) is 0 Å². The number of thiophene rings is 1. The van der Waals surface area contributed by atoms with Gasteiger partial charge in [0.2, 0.25) is 0 Å². The molecule has 2 aromatic heterocycles. The van der Waals surface area contributed by atoms with Crippen LogP contribution in [0.3, 0.4) is 0 Å². The number of benzene rings is 2. The van der Waals surface area contributed by atoms with Crippen molar-refractivity contribution in [3.05, 3.63) is 98.7 Å². The van der Waals surface area contributed by atoms with Crippen molar-refractivity contribution in [2.75, 3.05) is 0 Å². The zero-order valence-corrected chi connectivity index (χ0v) is 14.3. The van der Waals surface area contributed by atoms with Crippen LogP contribution in [0.4, 0.5) is 0 Å². The Morgan fingerprint density at radius 1 is 1.00 bits per heavy atom. The summed E-state index contributed by atoms with van der Waals surface area (Å²) in [5.41, 5.74) is 1.80. The second-order valence-electron chi connectivity index (χ2n) is 5.77. The summed E-state index contributed by atoms with van der Waals surface area (Å²) in [6.45, 7) is 0.484. The lowest BCUT2D eigenvalue weighted by Gasteiger charge is -2.18.